The number of nitrogens with zero attached hydrogens (tertiary/aromatic N) is 2. The SMILES string of the molecule is Cc1cc(C)c2c(N)c(C(O)c3ccncc3)sc2n1. The zero-order valence-corrected chi connectivity index (χ0v) is 12.1. The summed E-state index contributed by atoms with van der Waals surface area (Å²) < 4.78 is 0. The van der Waals surface area contributed by atoms with Crippen LogP contribution >= 0.6 is 11.3 Å². The molecular formula is C15H15N3OS. The average Bonchev–Trinajstić information content (AvgIpc) is 2.76. The van der Waals surface area contributed by atoms with E-state index < -0.39 is 6.10 Å². The number of fused-ring (bicyclic) bond motifs is 1. The van der Waals surface area contributed by atoms with Crippen molar-refractivity contribution in [2.75, 3.05) is 5.73 Å². The molecule has 0 saturated carbocycles. The van der Waals surface area contributed by atoms with Gasteiger partial charge in [-0.15, -0.1) is 11.3 Å². The lowest BCUT2D eigenvalue weighted by molar-refractivity contribution is 0.225. The van der Waals surface area contributed by atoms with Gasteiger partial charge in [0.2, 0.25) is 0 Å². The van der Waals surface area contributed by atoms with Crippen molar-refractivity contribution in [3.05, 3.63) is 52.3 Å². The summed E-state index contributed by atoms with van der Waals surface area (Å²) >= 11 is 1.45. The van der Waals surface area contributed by atoms with Crippen LogP contribution in [0.2, 0.25) is 0 Å². The van der Waals surface area contributed by atoms with Crippen molar-refractivity contribution in [3.8, 4) is 0 Å². The summed E-state index contributed by atoms with van der Waals surface area (Å²) in [6.45, 7) is 3.98. The molecule has 20 heavy (non-hydrogen) atoms. The monoisotopic (exact) mass is 285 g/mol. The molecule has 1 atom stereocenters. The highest BCUT2D eigenvalue weighted by Crippen LogP contribution is 2.40. The number of nitrogen functional groups attached to an aromatic ring is 1. The highest BCUT2D eigenvalue weighted by atomic mass is 32.1. The number of nitrogens with two attached hydrogens (primary N) is 1. The van der Waals surface area contributed by atoms with Crippen LogP contribution in [0, 0.1) is 13.8 Å². The summed E-state index contributed by atoms with van der Waals surface area (Å²) in [5.74, 6) is 0. The third kappa shape index (κ3) is 2.05. The Bertz CT molecular complexity index is 768. The van der Waals surface area contributed by atoms with Gasteiger partial charge in [0.05, 0.1) is 10.6 Å². The molecule has 3 heterocycles. The van der Waals surface area contributed by atoms with Crippen LogP contribution in [0.1, 0.15) is 27.8 Å². The molecule has 0 radical (unpaired) electrons. The van der Waals surface area contributed by atoms with Crippen molar-refractivity contribution >= 4 is 27.2 Å². The summed E-state index contributed by atoms with van der Waals surface area (Å²) in [7, 11) is 0. The molecule has 4 nitrogen and oxygen atoms in total. The minimum atomic E-state index is -0.739. The fraction of sp³-hybridized carbons (Fsp3) is 0.200. The molecule has 102 valence electrons. The number of pyridine rings is 2. The lowest BCUT2D eigenvalue weighted by Gasteiger charge is -2.09. The van der Waals surface area contributed by atoms with Gasteiger partial charge >= 0.3 is 0 Å². The first kappa shape index (κ1) is 13.0. The first-order valence-electron chi connectivity index (χ1n) is 6.32. The second kappa shape index (κ2) is 4.85. The van der Waals surface area contributed by atoms with Crippen molar-refractivity contribution in [3.63, 3.8) is 0 Å². The third-order valence-electron chi connectivity index (χ3n) is 3.32. The van der Waals surface area contributed by atoms with E-state index in [-0.39, 0.29) is 0 Å². The number of aromatic nitrogens is 2. The third-order valence-corrected chi connectivity index (χ3v) is 4.47. The Morgan fingerprint density at radius 3 is 2.65 bits per heavy atom. The summed E-state index contributed by atoms with van der Waals surface area (Å²) in [4.78, 5) is 10.1. The number of aliphatic hydroxyl groups is 1. The van der Waals surface area contributed by atoms with Gasteiger partial charge in [-0.25, -0.2) is 4.98 Å². The van der Waals surface area contributed by atoms with Crippen molar-refractivity contribution in [1.82, 2.24) is 9.97 Å². The second-order valence-electron chi connectivity index (χ2n) is 4.82. The summed E-state index contributed by atoms with van der Waals surface area (Å²) in [6, 6.07) is 5.59. The van der Waals surface area contributed by atoms with Gasteiger partial charge in [0.25, 0.3) is 0 Å². The lowest BCUT2D eigenvalue weighted by atomic mass is 10.1. The normalized spacial score (nSPS) is 12.8. The minimum absolute atomic E-state index is 0.624. The van der Waals surface area contributed by atoms with E-state index in [1.165, 1.54) is 11.3 Å². The van der Waals surface area contributed by atoms with Crippen LogP contribution in [0.3, 0.4) is 0 Å². The van der Waals surface area contributed by atoms with Crippen molar-refractivity contribution < 1.29 is 5.11 Å². The topological polar surface area (TPSA) is 72.0 Å². The Hall–Kier alpha value is -1.98. The smallest absolute Gasteiger partial charge is 0.126 e. The molecule has 0 amide bonds. The predicted octanol–water partition coefficient (Wildman–Crippen LogP) is 2.97. The van der Waals surface area contributed by atoms with Gasteiger partial charge in [0, 0.05) is 23.5 Å². The first-order chi connectivity index (χ1) is 9.58. The Morgan fingerprint density at radius 2 is 1.95 bits per heavy atom. The summed E-state index contributed by atoms with van der Waals surface area (Å²) in [5, 5.41) is 11.5. The van der Waals surface area contributed by atoms with Crippen molar-refractivity contribution in [1.29, 1.82) is 0 Å². The molecule has 3 aromatic heterocycles. The van der Waals surface area contributed by atoms with Gasteiger partial charge in [-0.05, 0) is 43.2 Å². The van der Waals surface area contributed by atoms with Crippen LogP contribution in [0.15, 0.2) is 30.6 Å². The van der Waals surface area contributed by atoms with E-state index >= 15 is 0 Å². The van der Waals surface area contributed by atoms with E-state index in [1.807, 2.05) is 19.9 Å². The van der Waals surface area contributed by atoms with E-state index in [0.717, 1.165) is 31.9 Å². The van der Waals surface area contributed by atoms with Gasteiger partial charge in [-0.3, -0.25) is 4.98 Å². The van der Waals surface area contributed by atoms with Crippen LogP contribution < -0.4 is 5.73 Å². The number of rotatable bonds is 2. The van der Waals surface area contributed by atoms with Gasteiger partial charge in [-0.2, -0.15) is 0 Å². The molecule has 0 aromatic carbocycles. The zero-order valence-electron chi connectivity index (χ0n) is 11.3. The molecule has 3 aromatic rings. The molecule has 0 aliphatic rings. The maximum atomic E-state index is 10.5. The second-order valence-corrected chi connectivity index (χ2v) is 5.85. The molecule has 0 fully saturated rings. The van der Waals surface area contributed by atoms with Crippen LogP contribution in [0.25, 0.3) is 10.2 Å². The van der Waals surface area contributed by atoms with Crippen molar-refractivity contribution in [2.45, 2.75) is 20.0 Å². The molecule has 3 rings (SSSR count). The van der Waals surface area contributed by atoms with Crippen LogP contribution in [-0.4, -0.2) is 15.1 Å². The Balaban J connectivity index is 2.18. The molecule has 0 bridgehead atoms. The summed E-state index contributed by atoms with van der Waals surface area (Å²) in [5.41, 5.74) is 9.68. The number of aryl methyl sites for hydroxylation is 2. The van der Waals surface area contributed by atoms with Crippen LogP contribution in [0.4, 0.5) is 5.69 Å². The van der Waals surface area contributed by atoms with E-state index in [1.54, 1.807) is 24.5 Å². The Kier molecular flexibility index (Phi) is 3.16. The predicted molar refractivity (Wildman–Crippen MR) is 81.8 cm³/mol. The number of thiophene rings is 1. The number of aliphatic hydroxyl groups excluding tert-OH is 1. The fourth-order valence-corrected chi connectivity index (χ4v) is 3.62. The van der Waals surface area contributed by atoms with E-state index in [0.29, 0.717) is 5.69 Å². The average molecular weight is 285 g/mol. The minimum Gasteiger partial charge on any atom is -0.397 e. The Labute approximate surface area is 120 Å². The molecular weight excluding hydrogens is 270 g/mol. The number of hydrogen-bond donors (Lipinski definition) is 2. The fourth-order valence-electron chi connectivity index (χ4n) is 2.39. The van der Waals surface area contributed by atoms with Crippen molar-refractivity contribution in [2.24, 2.45) is 0 Å². The molecule has 0 spiro atoms. The molecule has 5 heteroatoms. The van der Waals surface area contributed by atoms with Crippen LogP contribution in [0.5, 0.6) is 0 Å². The van der Waals surface area contributed by atoms with Gasteiger partial charge in [0.15, 0.2) is 0 Å². The van der Waals surface area contributed by atoms with Gasteiger partial charge in [-0.1, -0.05) is 0 Å². The molecule has 3 N–H and O–H groups in total. The van der Waals surface area contributed by atoms with Gasteiger partial charge < -0.3 is 10.8 Å². The quantitative estimate of drug-likeness (QED) is 0.759. The maximum Gasteiger partial charge on any atom is 0.126 e. The molecule has 0 aliphatic carbocycles. The van der Waals surface area contributed by atoms with E-state index in [9.17, 15) is 5.11 Å². The van der Waals surface area contributed by atoms with E-state index in [2.05, 4.69) is 9.97 Å². The summed E-state index contributed by atoms with van der Waals surface area (Å²) in [6.07, 6.45) is 2.59. The largest absolute Gasteiger partial charge is 0.397 e. The standard InChI is InChI=1S/C15H15N3OS/c1-8-7-9(2)18-15-11(8)12(16)14(20-15)13(19)10-3-5-17-6-4-10/h3-7,13,19H,16H2,1-2H3. The highest BCUT2D eigenvalue weighted by molar-refractivity contribution is 7.19. The first-order valence-corrected chi connectivity index (χ1v) is 7.13. The van der Waals surface area contributed by atoms with Crippen LogP contribution in [-0.2, 0) is 0 Å². The number of hydrogen-bond acceptors (Lipinski definition) is 5. The number of anilines is 1. The van der Waals surface area contributed by atoms with Gasteiger partial charge in [0.1, 0.15) is 10.9 Å². The zero-order chi connectivity index (χ0) is 14.3. The lowest BCUT2D eigenvalue weighted by Crippen LogP contribution is -2.00. The molecule has 1 unspecified atom stereocenters. The maximum absolute atomic E-state index is 10.5. The Morgan fingerprint density at radius 1 is 1.25 bits per heavy atom. The molecule has 0 aliphatic heterocycles. The molecule has 0 saturated heterocycles. The highest BCUT2D eigenvalue weighted by Gasteiger charge is 2.20. The van der Waals surface area contributed by atoms with E-state index in [4.69, 9.17) is 5.73 Å².